The van der Waals surface area contributed by atoms with Crippen LogP contribution in [0.5, 0.6) is 0 Å². The van der Waals surface area contributed by atoms with Crippen LogP contribution in [-0.2, 0) is 9.14 Å². The minimum absolute atomic E-state index is 0. The zero-order chi connectivity index (χ0) is 11.7. The topological polar surface area (TPSA) is 183 Å². The summed E-state index contributed by atoms with van der Waals surface area (Å²) in [5.74, 6) is 0. The molecule has 0 fully saturated rings. The molecule has 0 aliphatic carbocycles. The maximum atomic E-state index is 9.35. The summed E-state index contributed by atoms with van der Waals surface area (Å²) in [7, 11) is -8.81. The van der Waals surface area contributed by atoms with Crippen LogP contribution < -0.4 is 34.6 Å². The smallest absolute Gasteiger partial charge is 0.833 e. The van der Waals surface area contributed by atoms with Gasteiger partial charge in [0.2, 0.25) is 0 Å². The van der Waals surface area contributed by atoms with Crippen molar-refractivity contribution in [3.63, 3.8) is 0 Å². The average Bonchev–Trinajstić information content (AvgIpc) is 1.79. The van der Waals surface area contributed by atoms with Gasteiger partial charge in [-0.3, -0.25) is 0 Å². The van der Waals surface area contributed by atoms with Crippen LogP contribution in [-0.4, -0.2) is 64.5 Å². The van der Waals surface area contributed by atoms with E-state index in [4.69, 9.17) is 35.2 Å². The van der Waals surface area contributed by atoms with Crippen LogP contribution in [0.1, 0.15) is 0 Å². The first-order chi connectivity index (χ1) is 6.25. The normalized spacial score (nSPS) is 8.00. The molecule has 15 heavy (non-hydrogen) atoms. The Morgan fingerprint density at radius 3 is 0.933 bits per heavy atom. The van der Waals surface area contributed by atoms with Crippen molar-refractivity contribution < 1.29 is 78.9 Å². The van der Waals surface area contributed by atoms with E-state index in [9.17, 15) is 5.02 Å². The Balaban J connectivity index is -0.000000180. The van der Waals surface area contributed by atoms with Crippen LogP contribution in [0.2, 0.25) is 0 Å². The Morgan fingerprint density at radius 1 is 0.667 bits per heavy atom. The molecule has 0 atom stereocenters. The third-order valence-corrected chi connectivity index (χ3v) is 0.482. The molecule has 0 amide bonds. The summed E-state index contributed by atoms with van der Waals surface area (Å²) in [6.07, 6.45) is 0. The zero-order valence-corrected chi connectivity index (χ0v) is 9.66. The molecule has 0 aromatic rings. The van der Waals surface area contributed by atoms with Crippen molar-refractivity contribution in [3.05, 3.63) is 0 Å². The minimum atomic E-state index is -2.38. The van der Waals surface area contributed by atoms with Gasteiger partial charge in [-0.25, -0.2) is 0 Å². The van der Waals surface area contributed by atoms with E-state index in [2.05, 4.69) is 9.14 Å². The van der Waals surface area contributed by atoms with Crippen LogP contribution in [0, 0.1) is 0 Å². The molecule has 0 saturated carbocycles. The van der Waals surface area contributed by atoms with Gasteiger partial charge in [0, 0.05) is 0 Å². The number of hydrogen-bond donors (Lipinski definition) is 7. The molecule has 0 bridgehead atoms. The van der Waals surface area contributed by atoms with Crippen molar-refractivity contribution in [2.75, 3.05) is 0 Å². The van der Waals surface area contributed by atoms with E-state index in [1.807, 2.05) is 0 Å². The van der Waals surface area contributed by atoms with Gasteiger partial charge in [0.25, 0.3) is 0 Å². The summed E-state index contributed by atoms with van der Waals surface area (Å²) in [4.78, 5) is 0. The van der Waals surface area contributed by atoms with Gasteiger partial charge < -0.3 is 49.3 Å². The van der Waals surface area contributed by atoms with Crippen LogP contribution in [0.3, 0.4) is 0 Å². The molecule has 10 nitrogen and oxygen atoms in total. The Morgan fingerprint density at radius 2 is 0.933 bits per heavy atom. The first-order valence-electron chi connectivity index (χ1n) is 2.99. The second-order valence-corrected chi connectivity index (χ2v) is 1.56. The van der Waals surface area contributed by atoms with Crippen molar-refractivity contribution in [1.82, 2.24) is 0 Å². The van der Waals surface area contributed by atoms with Gasteiger partial charge in [-0.15, -0.1) is 0 Å². The maximum Gasteiger partial charge on any atom is 1.00 e. The minimum Gasteiger partial charge on any atom is -0.833 e. The quantitative estimate of drug-likeness (QED) is 0.230. The standard InChI is InChI=1S/B2H4O5.B2H3O5.Na/c2*3-1(4)7-2(5)6;/h3-6H;3-5H;/q;-1;+1. The molecule has 15 heteroatoms. The molecule has 0 aliphatic heterocycles. The Kier molecular flexibility index (Phi) is 18.2. The summed E-state index contributed by atoms with van der Waals surface area (Å²) in [5.41, 5.74) is 0. The Labute approximate surface area is 108 Å². The van der Waals surface area contributed by atoms with Crippen LogP contribution in [0.4, 0.5) is 0 Å². The van der Waals surface area contributed by atoms with Crippen molar-refractivity contribution in [2.45, 2.75) is 0 Å². The van der Waals surface area contributed by atoms with E-state index in [1.54, 1.807) is 0 Å². The molecule has 80 valence electrons. The van der Waals surface area contributed by atoms with Gasteiger partial charge in [-0.05, 0) is 0 Å². The second kappa shape index (κ2) is 12.9. The van der Waals surface area contributed by atoms with E-state index >= 15 is 0 Å². The summed E-state index contributed by atoms with van der Waals surface area (Å²) < 4.78 is 6.83. The molecular weight excluding hydrogens is 226 g/mol. The van der Waals surface area contributed by atoms with Gasteiger partial charge in [0.15, 0.2) is 0 Å². The molecule has 0 radical (unpaired) electrons. The van der Waals surface area contributed by atoms with Gasteiger partial charge in [-0.2, -0.15) is 0 Å². The predicted molar refractivity (Wildman–Crippen MR) is 40.7 cm³/mol. The van der Waals surface area contributed by atoms with Crippen LogP contribution in [0.15, 0.2) is 0 Å². The van der Waals surface area contributed by atoms with Crippen molar-refractivity contribution >= 4 is 29.3 Å². The summed E-state index contributed by atoms with van der Waals surface area (Å²) in [6, 6.07) is 0. The fourth-order valence-corrected chi connectivity index (χ4v) is 0.213. The summed E-state index contributed by atoms with van der Waals surface area (Å²) in [5, 5.41) is 63.3. The molecule has 0 unspecified atom stereocenters. The van der Waals surface area contributed by atoms with E-state index in [-0.39, 0.29) is 29.6 Å². The largest absolute Gasteiger partial charge is 1.00 e. The van der Waals surface area contributed by atoms with Crippen molar-refractivity contribution in [3.8, 4) is 0 Å². The van der Waals surface area contributed by atoms with Crippen molar-refractivity contribution in [1.29, 1.82) is 0 Å². The summed E-state index contributed by atoms with van der Waals surface area (Å²) >= 11 is 0. The zero-order valence-electron chi connectivity index (χ0n) is 7.66. The van der Waals surface area contributed by atoms with Crippen LogP contribution in [0.25, 0.3) is 0 Å². The Bertz CT molecular complexity index is 90.0. The first kappa shape index (κ1) is 21.2. The molecular formula is H7B4NaO10. The molecule has 0 saturated heterocycles. The van der Waals surface area contributed by atoms with Crippen LogP contribution >= 0.6 is 0 Å². The van der Waals surface area contributed by atoms with Gasteiger partial charge in [-0.1, -0.05) is 0 Å². The molecule has 0 spiro atoms. The third kappa shape index (κ3) is 31.3. The second-order valence-electron chi connectivity index (χ2n) is 1.56. The molecule has 0 rings (SSSR count). The average molecular weight is 233 g/mol. The predicted octanol–water partition coefficient (Wildman–Crippen LogP) is -9.74. The fraction of sp³-hybridized carbons (Fsp3) is 0. The first-order valence-corrected chi connectivity index (χ1v) is 2.99. The van der Waals surface area contributed by atoms with Crippen molar-refractivity contribution in [2.24, 2.45) is 0 Å². The maximum absolute atomic E-state index is 9.35. The van der Waals surface area contributed by atoms with Gasteiger partial charge in [0.1, 0.15) is 0 Å². The molecule has 0 aromatic carbocycles. The van der Waals surface area contributed by atoms with Gasteiger partial charge >= 0.3 is 58.8 Å². The Hall–Kier alpha value is 0.860. The fourth-order valence-electron chi connectivity index (χ4n) is 0.213. The molecule has 7 N–H and O–H groups in total. The van der Waals surface area contributed by atoms with E-state index < -0.39 is 29.3 Å². The summed E-state index contributed by atoms with van der Waals surface area (Å²) in [6.45, 7) is 0. The van der Waals surface area contributed by atoms with E-state index in [0.29, 0.717) is 0 Å². The molecule has 0 heterocycles. The molecule has 0 aliphatic rings. The molecule has 0 aromatic heterocycles. The third-order valence-electron chi connectivity index (χ3n) is 0.482. The van der Waals surface area contributed by atoms with E-state index in [0.717, 1.165) is 0 Å². The monoisotopic (exact) mass is 234 g/mol. The SMILES string of the molecule is OB(O)OB(O)O.[Na+].[O-]B(O)OB(O)O. The number of rotatable bonds is 4. The number of hydrogen-bond acceptors (Lipinski definition) is 10. The van der Waals surface area contributed by atoms with E-state index in [1.165, 1.54) is 0 Å². The van der Waals surface area contributed by atoms with Gasteiger partial charge in [0.05, 0.1) is 0 Å².